The largest absolute Gasteiger partial charge is 0.494 e. The lowest BCUT2D eigenvalue weighted by molar-refractivity contribution is -0.136. The lowest BCUT2D eigenvalue weighted by Gasteiger charge is -2.09. The molecule has 11 heteroatoms. The first kappa shape index (κ1) is 28.9. The highest BCUT2D eigenvalue weighted by Gasteiger charge is 2.26. The molecule has 0 fully saturated rings. The van der Waals surface area contributed by atoms with Crippen LogP contribution in [0.25, 0.3) is 6.08 Å². The topological polar surface area (TPSA) is 123 Å². The molecule has 0 aromatic heterocycles. The number of ether oxygens (including phenoxy) is 4. The molecule has 3 aromatic carbocycles. The van der Waals surface area contributed by atoms with E-state index < -0.39 is 24.5 Å². The molecule has 206 valence electrons. The Morgan fingerprint density at radius 2 is 1.33 bits per heavy atom. The number of alkyl halides is 3. The molecule has 0 aliphatic heterocycles. The van der Waals surface area contributed by atoms with Crippen molar-refractivity contribution in [2.45, 2.75) is 19.0 Å². The van der Waals surface area contributed by atoms with E-state index in [1.165, 1.54) is 48.5 Å². The smallest absolute Gasteiger partial charge is 0.389 e. The highest BCUT2D eigenvalue weighted by atomic mass is 19.4. The third kappa shape index (κ3) is 10.7. The minimum absolute atomic E-state index is 0.0200. The Hall–Kier alpha value is -4.67. The van der Waals surface area contributed by atoms with E-state index in [9.17, 15) is 22.8 Å². The molecule has 0 aliphatic rings. The van der Waals surface area contributed by atoms with E-state index in [4.69, 9.17) is 30.4 Å². The van der Waals surface area contributed by atoms with Crippen molar-refractivity contribution in [3.05, 3.63) is 83.9 Å². The SMILES string of the molecule is Nc1cc(N)cc(C(=O)OCCOc2ccc(/C=C/C(=O)Oc3ccc(OCCCC(F)(F)F)cc3)cc2)c1. The Morgan fingerprint density at radius 3 is 1.95 bits per heavy atom. The molecule has 8 nitrogen and oxygen atoms in total. The first-order valence-electron chi connectivity index (χ1n) is 11.8. The standard InChI is InChI=1S/C28H27F3N2O6/c29-28(30,31)12-1-13-36-24-7-9-25(10-8-24)39-26(34)11-4-19-2-5-23(6-3-19)37-14-15-38-27(35)20-16-21(32)18-22(33)17-20/h2-11,16-18H,1,12-15,32-33H2/b11-4+. The van der Waals surface area contributed by atoms with Crippen LogP contribution in [0.5, 0.6) is 17.2 Å². The molecule has 3 rings (SSSR count). The fraction of sp³-hybridized carbons (Fsp3) is 0.214. The number of nitrogen functional groups attached to an aromatic ring is 2. The van der Waals surface area contributed by atoms with Crippen molar-refractivity contribution in [2.24, 2.45) is 0 Å². The van der Waals surface area contributed by atoms with E-state index >= 15 is 0 Å². The Kier molecular flexibility index (Phi) is 10.2. The molecular formula is C28H27F3N2O6. The number of benzene rings is 3. The molecule has 0 unspecified atom stereocenters. The Labute approximate surface area is 222 Å². The van der Waals surface area contributed by atoms with Gasteiger partial charge in [0.2, 0.25) is 0 Å². The number of esters is 2. The maximum atomic E-state index is 12.2. The van der Waals surface area contributed by atoms with Crippen LogP contribution < -0.4 is 25.7 Å². The number of rotatable bonds is 12. The summed E-state index contributed by atoms with van der Waals surface area (Å²) >= 11 is 0. The van der Waals surface area contributed by atoms with Gasteiger partial charge in [-0.2, -0.15) is 13.2 Å². The van der Waals surface area contributed by atoms with Gasteiger partial charge in [0.1, 0.15) is 30.5 Å². The molecule has 0 aliphatic carbocycles. The van der Waals surface area contributed by atoms with Gasteiger partial charge in [-0.15, -0.1) is 0 Å². The van der Waals surface area contributed by atoms with Crippen LogP contribution in [0.3, 0.4) is 0 Å². The molecule has 0 bridgehead atoms. The van der Waals surface area contributed by atoms with E-state index in [0.29, 0.717) is 28.4 Å². The fourth-order valence-electron chi connectivity index (χ4n) is 3.23. The van der Waals surface area contributed by atoms with Crippen molar-refractivity contribution in [1.29, 1.82) is 0 Å². The monoisotopic (exact) mass is 544 g/mol. The second-order valence-corrected chi connectivity index (χ2v) is 8.23. The maximum Gasteiger partial charge on any atom is 0.389 e. The van der Waals surface area contributed by atoms with Gasteiger partial charge in [0.15, 0.2) is 0 Å². The van der Waals surface area contributed by atoms with Crippen LogP contribution in [0.15, 0.2) is 72.8 Å². The molecule has 0 atom stereocenters. The summed E-state index contributed by atoms with van der Waals surface area (Å²) in [6.07, 6.45) is -2.46. The van der Waals surface area contributed by atoms with E-state index in [2.05, 4.69) is 0 Å². The van der Waals surface area contributed by atoms with E-state index in [1.54, 1.807) is 30.3 Å². The maximum absolute atomic E-state index is 12.2. The fourth-order valence-corrected chi connectivity index (χ4v) is 3.23. The van der Waals surface area contributed by atoms with Crippen LogP contribution in [0.4, 0.5) is 24.5 Å². The predicted octanol–water partition coefficient (Wildman–Crippen LogP) is 5.43. The summed E-state index contributed by atoms with van der Waals surface area (Å²) in [7, 11) is 0. The van der Waals surface area contributed by atoms with Crippen LogP contribution in [0, 0.1) is 0 Å². The molecule has 0 saturated carbocycles. The zero-order valence-corrected chi connectivity index (χ0v) is 20.8. The lowest BCUT2D eigenvalue weighted by Crippen LogP contribution is -2.13. The number of hydrogen-bond donors (Lipinski definition) is 2. The third-order valence-electron chi connectivity index (χ3n) is 5.01. The molecule has 0 saturated heterocycles. The van der Waals surface area contributed by atoms with Gasteiger partial charge in [0.25, 0.3) is 0 Å². The van der Waals surface area contributed by atoms with Gasteiger partial charge in [-0.25, -0.2) is 9.59 Å². The zero-order chi connectivity index (χ0) is 28.3. The van der Waals surface area contributed by atoms with Gasteiger partial charge in [0, 0.05) is 23.9 Å². The normalized spacial score (nSPS) is 11.3. The van der Waals surface area contributed by atoms with Crippen molar-refractivity contribution in [3.63, 3.8) is 0 Å². The van der Waals surface area contributed by atoms with E-state index in [1.807, 2.05) is 0 Å². The number of carbonyl (C=O) groups is 2. The molecule has 0 amide bonds. The summed E-state index contributed by atoms with van der Waals surface area (Å²) in [6, 6.07) is 17.3. The minimum Gasteiger partial charge on any atom is -0.494 e. The van der Waals surface area contributed by atoms with Crippen LogP contribution >= 0.6 is 0 Å². The average molecular weight is 545 g/mol. The number of anilines is 2. The summed E-state index contributed by atoms with van der Waals surface area (Å²) in [6.45, 7) is 0.0768. The van der Waals surface area contributed by atoms with Crippen LogP contribution in [-0.2, 0) is 9.53 Å². The number of nitrogens with two attached hydrogens (primary N) is 2. The highest BCUT2D eigenvalue weighted by molar-refractivity contribution is 5.91. The van der Waals surface area contributed by atoms with Crippen molar-refractivity contribution in [3.8, 4) is 17.2 Å². The van der Waals surface area contributed by atoms with Gasteiger partial charge < -0.3 is 30.4 Å². The number of halogens is 3. The third-order valence-corrected chi connectivity index (χ3v) is 5.01. The summed E-state index contributed by atoms with van der Waals surface area (Å²) in [4.78, 5) is 24.2. The minimum atomic E-state index is -4.21. The quantitative estimate of drug-likeness (QED) is 0.102. The number of carbonyl (C=O) groups excluding carboxylic acids is 2. The zero-order valence-electron chi connectivity index (χ0n) is 20.8. The van der Waals surface area contributed by atoms with Crippen molar-refractivity contribution < 1.29 is 41.7 Å². The lowest BCUT2D eigenvalue weighted by atomic mass is 10.2. The van der Waals surface area contributed by atoms with Gasteiger partial charge in [0.05, 0.1) is 12.2 Å². The van der Waals surface area contributed by atoms with Gasteiger partial charge in [-0.3, -0.25) is 0 Å². The van der Waals surface area contributed by atoms with Crippen molar-refractivity contribution in [2.75, 3.05) is 31.3 Å². The molecule has 0 spiro atoms. The van der Waals surface area contributed by atoms with Gasteiger partial charge in [-0.05, 0) is 72.7 Å². The Bertz CT molecular complexity index is 1260. The Balaban J connectivity index is 1.37. The molecule has 0 heterocycles. The summed E-state index contributed by atoms with van der Waals surface area (Å²) in [5, 5.41) is 0. The Morgan fingerprint density at radius 1 is 0.769 bits per heavy atom. The summed E-state index contributed by atoms with van der Waals surface area (Å²) < 4.78 is 57.6. The van der Waals surface area contributed by atoms with E-state index in [-0.39, 0.29) is 37.6 Å². The van der Waals surface area contributed by atoms with Gasteiger partial charge >= 0.3 is 18.1 Å². The first-order valence-corrected chi connectivity index (χ1v) is 11.8. The average Bonchev–Trinajstić information content (AvgIpc) is 2.88. The highest BCUT2D eigenvalue weighted by Crippen LogP contribution is 2.23. The summed E-state index contributed by atoms with van der Waals surface area (Å²) in [5.74, 6) is 0.00204. The summed E-state index contributed by atoms with van der Waals surface area (Å²) in [5.41, 5.74) is 13.0. The van der Waals surface area contributed by atoms with Crippen LogP contribution in [0.1, 0.15) is 28.8 Å². The second kappa shape index (κ2) is 13.8. The molecule has 3 aromatic rings. The molecule has 4 N–H and O–H groups in total. The first-order chi connectivity index (χ1) is 18.6. The molecular weight excluding hydrogens is 517 g/mol. The van der Waals surface area contributed by atoms with Gasteiger partial charge in [-0.1, -0.05) is 12.1 Å². The second-order valence-electron chi connectivity index (χ2n) is 8.23. The van der Waals surface area contributed by atoms with Crippen LogP contribution in [0.2, 0.25) is 0 Å². The van der Waals surface area contributed by atoms with Crippen molar-refractivity contribution >= 4 is 29.4 Å². The molecule has 39 heavy (non-hydrogen) atoms. The van der Waals surface area contributed by atoms with Crippen LogP contribution in [-0.4, -0.2) is 37.9 Å². The van der Waals surface area contributed by atoms with Crippen molar-refractivity contribution in [1.82, 2.24) is 0 Å². The van der Waals surface area contributed by atoms with E-state index in [0.717, 1.165) is 0 Å². The number of hydrogen-bond acceptors (Lipinski definition) is 8. The predicted molar refractivity (Wildman–Crippen MR) is 139 cm³/mol. The molecule has 0 radical (unpaired) electrons.